The van der Waals surface area contributed by atoms with Gasteiger partial charge in [0, 0.05) is 17.0 Å². The maximum atomic E-state index is 13.9. The molecule has 2 aromatic heterocycles. The van der Waals surface area contributed by atoms with Gasteiger partial charge >= 0.3 is 0 Å². The van der Waals surface area contributed by atoms with Gasteiger partial charge in [-0.3, -0.25) is 9.78 Å². The van der Waals surface area contributed by atoms with Gasteiger partial charge in [0.25, 0.3) is 0 Å². The highest BCUT2D eigenvalue weighted by molar-refractivity contribution is 5.95. The summed E-state index contributed by atoms with van der Waals surface area (Å²) < 4.78 is 13.9. The van der Waals surface area contributed by atoms with Crippen molar-refractivity contribution in [2.75, 3.05) is 5.32 Å². The molecule has 0 radical (unpaired) electrons. The van der Waals surface area contributed by atoms with Crippen LogP contribution in [0, 0.1) is 40.8 Å². The van der Waals surface area contributed by atoms with E-state index in [1.54, 1.807) is 25.3 Å². The summed E-state index contributed by atoms with van der Waals surface area (Å²) in [5, 5.41) is 4.00. The second-order valence-corrected chi connectivity index (χ2v) is 10.4. The standard InChI is InChI=1S/C29H30FN3O/c1-4-5-23-7-8-24(17-32-23)33-28(34)29(2,3)21-14-18-12-20(13-19(18)15-21)25-10-11-31-27-9-6-22(30)16-26(25)27/h6-11,16-21H,12-15H2,1-3H3,(H,33,34)/t18-,19+,20?,21?. The molecule has 174 valence electrons. The van der Waals surface area contributed by atoms with Crippen LogP contribution in [0.4, 0.5) is 10.1 Å². The number of pyridine rings is 2. The highest BCUT2D eigenvalue weighted by Crippen LogP contribution is 2.56. The van der Waals surface area contributed by atoms with E-state index in [4.69, 9.17) is 0 Å². The molecule has 5 heteroatoms. The molecule has 2 saturated carbocycles. The first-order valence-electron chi connectivity index (χ1n) is 12.1. The number of carbonyl (C=O) groups is 1. The van der Waals surface area contributed by atoms with Gasteiger partial charge in [0.05, 0.1) is 17.4 Å². The summed E-state index contributed by atoms with van der Waals surface area (Å²) in [6.07, 6.45) is 7.82. The molecule has 2 aliphatic carbocycles. The van der Waals surface area contributed by atoms with E-state index in [1.165, 1.54) is 11.6 Å². The normalized spacial score (nSPS) is 23.9. The summed E-state index contributed by atoms with van der Waals surface area (Å²) in [4.78, 5) is 21.9. The fourth-order valence-corrected chi connectivity index (χ4v) is 6.10. The van der Waals surface area contributed by atoms with Crippen molar-refractivity contribution in [3.05, 3.63) is 65.9 Å². The lowest BCUT2D eigenvalue weighted by Gasteiger charge is -2.31. The number of rotatable bonds is 4. The maximum Gasteiger partial charge on any atom is 0.230 e. The van der Waals surface area contributed by atoms with Gasteiger partial charge in [0.1, 0.15) is 11.5 Å². The molecule has 2 aliphatic rings. The molecule has 0 saturated heterocycles. The molecular formula is C29H30FN3O. The zero-order valence-electron chi connectivity index (χ0n) is 19.9. The summed E-state index contributed by atoms with van der Waals surface area (Å²) in [6, 6.07) is 10.6. The number of anilines is 1. The monoisotopic (exact) mass is 455 g/mol. The van der Waals surface area contributed by atoms with Crippen LogP contribution in [0.2, 0.25) is 0 Å². The van der Waals surface area contributed by atoms with E-state index in [-0.39, 0.29) is 11.7 Å². The minimum absolute atomic E-state index is 0.0424. The highest BCUT2D eigenvalue weighted by Gasteiger charge is 2.48. The zero-order valence-corrected chi connectivity index (χ0v) is 19.9. The minimum atomic E-state index is -0.464. The van der Waals surface area contributed by atoms with Gasteiger partial charge in [-0.05, 0) is 104 Å². The highest BCUT2D eigenvalue weighted by atomic mass is 19.1. The molecule has 34 heavy (non-hydrogen) atoms. The molecule has 2 heterocycles. The number of fused-ring (bicyclic) bond motifs is 2. The van der Waals surface area contributed by atoms with Gasteiger partial charge in [-0.15, -0.1) is 0 Å². The minimum Gasteiger partial charge on any atom is -0.324 e. The Bertz CT molecular complexity index is 1270. The molecule has 3 aromatic rings. The molecule has 0 spiro atoms. The Balaban J connectivity index is 1.25. The third-order valence-corrected chi connectivity index (χ3v) is 8.07. The Kier molecular flexibility index (Phi) is 5.85. The van der Waals surface area contributed by atoms with Crippen molar-refractivity contribution in [3.63, 3.8) is 0 Å². The number of aromatic nitrogens is 2. The number of hydrogen-bond donors (Lipinski definition) is 1. The Hall–Kier alpha value is -3.26. The molecule has 1 amide bonds. The summed E-state index contributed by atoms with van der Waals surface area (Å²) in [7, 11) is 0. The number of amides is 1. The molecule has 4 atom stereocenters. The molecular weight excluding hydrogens is 425 g/mol. The van der Waals surface area contributed by atoms with E-state index in [2.05, 4.69) is 47.0 Å². The average Bonchev–Trinajstić information content (AvgIpc) is 3.40. The van der Waals surface area contributed by atoms with Gasteiger partial charge in [0.15, 0.2) is 0 Å². The molecule has 1 aromatic carbocycles. The van der Waals surface area contributed by atoms with E-state index in [0.29, 0.717) is 35.1 Å². The summed E-state index contributed by atoms with van der Waals surface area (Å²) in [5.41, 5.74) is 3.01. The fraction of sp³-hybridized carbons (Fsp3) is 0.414. The van der Waals surface area contributed by atoms with Crippen molar-refractivity contribution < 1.29 is 9.18 Å². The van der Waals surface area contributed by atoms with Crippen LogP contribution in [-0.4, -0.2) is 15.9 Å². The smallest absolute Gasteiger partial charge is 0.230 e. The molecule has 2 fully saturated rings. The lowest BCUT2D eigenvalue weighted by molar-refractivity contribution is -0.126. The number of nitrogens with zero attached hydrogens (tertiary/aromatic N) is 2. The van der Waals surface area contributed by atoms with Crippen molar-refractivity contribution >= 4 is 22.5 Å². The van der Waals surface area contributed by atoms with E-state index in [0.717, 1.165) is 36.6 Å². The molecule has 0 aliphatic heterocycles. The topological polar surface area (TPSA) is 54.9 Å². The number of carbonyl (C=O) groups excluding carboxylic acids is 1. The van der Waals surface area contributed by atoms with Crippen LogP contribution < -0.4 is 5.32 Å². The van der Waals surface area contributed by atoms with Crippen LogP contribution in [0.25, 0.3) is 10.9 Å². The van der Waals surface area contributed by atoms with Crippen LogP contribution in [-0.2, 0) is 4.79 Å². The van der Waals surface area contributed by atoms with E-state index in [9.17, 15) is 9.18 Å². The molecule has 1 N–H and O–H groups in total. The molecule has 4 nitrogen and oxygen atoms in total. The predicted molar refractivity (Wildman–Crippen MR) is 133 cm³/mol. The summed E-state index contributed by atoms with van der Waals surface area (Å²) in [5.74, 6) is 7.55. The molecule has 5 rings (SSSR count). The van der Waals surface area contributed by atoms with Gasteiger partial charge < -0.3 is 5.32 Å². The van der Waals surface area contributed by atoms with Gasteiger partial charge in [-0.25, -0.2) is 9.37 Å². The van der Waals surface area contributed by atoms with Crippen molar-refractivity contribution in [1.82, 2.24) is 9.97 Å². The Morgan fingerprint density at radius 1 is 1.06 bits per heavy atom. The van der Waals surface area contributed by atoms with Crippen molar-refractivity contribution in [3.8, 4) is 11.8 Å². The summed E-state index contributed by atoms with van der Waals surface area (Å²) >= 11 is 0. The van der Waals surface area contributed by atoms with E-state index in [1.807, 2.05) is 18.3 Å². The third kappa shape index (κ3) is 4.18. The van der Waals surface area contributed by atoms with Crippen LogP contribution in [0.3, 0.4) is 0 Å². The van der Waals surface area contributed by atoms with Crippen molar-refractivity contribution in [2.24, 2.45) is 23.2 Å². The van der Waals surface area contributed by atoms with E-state index >= 15 is 0 Å². The Labute approximate surface area is 200 Å². The average molecular weight is 456 g/mol. The van der Waals surface area contributed by atoms with E-state index < -0.39 is 5.41 Å². The largest absolute Gasteiger partial charge is 0.324 e. The van der Waals surface area contributed by atoms with Crippen LogP contribution >= 0.6 is 0 Å². The van der Waals surface area contributed by atoms with Crippen molar-refractivity contribution in [2.45, 2.75) is 52.4 Å². The lowest BCUT2D eigenvalue weighted by Crippen LogP contribution is -2.37. The van der Waals surface area contributed by atoms with Crippen molar-refractivity contribution in [1.29, 1.82) is 0 Å². The quantitative estimate of drug-likeness (QED) is 0.468. The van der Waals surface area contributed by atoms with Crippen LogP contribution in [0.5, 0.6) is 0 Å². The number of halogens is 1. The lowest BCUT2D eigenvalue weighted by atomic mass is 9.75. The van der Waals surface area contributed by atoms with Gasteiger partial charge in [0.2, 0.25) is 5.91 Å². The summed E-state index contributed by atoms with van der Waals surface area (Å²) in [6.45, 7) is 5.90. The van der Waals surface area contributed by atoms with Gasteiger partial charge in [-0.1, -0.05) is 19.8 Å². The second kappa shape index (κ2) is 8.83. The first-order chi connectivity index (χ1) is 16.3. The number of nitrogens with one attached hydrogen (secondary N) is 1. The SMILES string of the molecule is CC#Cc1ccc(NC(=O)C(C)(C)C2C[C@H]3CC(c4ccnc5ccc(F)cc45)C[C@H]3C2)cn1. The predicted octanol–water partition coefficient (Wildman–Crippen LogP) is 6.33. The maximum absolute atomic E-state index is 13.9. The Morgan fingerprint density at radius 2 is 1.82 bits per heavy atom. The fourth-order valence-electron chi connectivity index (χ4n) is 6.10. The molecule has 2 unspecified atom stereocenters. The number of hydrogen-bond acceptors (Lipinski definition) is 3. The first-order valence-corrected chi connectivity index (χ1v) is 12.1. The molecule has 0 bridgehead atoms. The van der Waals surface area contributed by atoms with Crippen LogP contribution in [0.1, 0.15) is 63.6 Å². The number of benzene rings is 1. The second-order valence-electron chi connectivity index (χ2n) is 10.4. The van der Waals surface area contributed by atoms with Crippen LogP contribution in [0.15, 0.2) is 48.8 Å². The Morgan fingerprint density at radius 3 is 2.50 bits per heavy atom. The first kappa shape index (κ1) is 22.5. The third-order valence-electron chi connectivity index (χ3n) is 8.07. The van der Waals surface area contributed by atoms with Gasteiger partial charge in [-0.2, -0.15) is 0 Å². The zero-order chi connectivity index (χ0) is 23.9.